The Hall–Kier alpha value is -1.27. The molecule has 30 heavy (non-hydrogen) atoms. The highest BCUT2D eigenvalue weighted by molar-refractivity contribution is 9.10. The van der Waals surface area contributed by atoms with Crippen LogP contribution in [0.4, 0.5) is 0 Å². The highest BCUT2D eigenvalue weighted by Crippen LogP contribution is 2.77. The van der Waals surface area contributed by atoms with E-state index in [1.54, 1.807) is 6.08 Å². The van der Waals surface area contributed by atoms with E-state index in [1.807, 2.05) is 6.08 Å². The lowest BCUT2D eigenvalue weighted by molar-refractivity contribution is -0.148. The van der Waals surface area contributed by atoms with Crippen LogP contribution in [-0.2, 0) is 23.9 Å². The number of halogens is 1. The fraction of sp³-hybridized carbons (Fsp3) is 0.708. The summed E-state index contributed by atoms with van der Waals surface area (Å²) in [5.41, 5.74) is 0.401. The Balaban J connectivity index is 1.52. The number of carbonyl (C=O) groups is 3. The van der Waals surface area contributed by atoms with Crippen LogP contribution < -0.4 is 0 Å². The first kappa shape index (κ1) is 20.6. The van der Waals surface area contributed by atoms with Gasteiger partial charge in [0, 0.05) is 12.3 Å². The van der Waals surface area contributed by atoms with Crippen LogP contribution in [0.15, 0.2) is 23.8 Å². The van der Waals surface area contributed by atoms with E-state index in [0.717, 1.165) is 25.7 Å². The predicted octanol–water partition coefficient (Wildman–Crippen LogP) is 3.94. The topological polar surface area (TPSA) is 73.0 Å². The molecule has 5 nitrogen and oxygen atoms in total. The molecule has 0 N–H and O–H groups in total. The number of ketones is 2. The van der Waals surface area contributed by atoms with Crippen molar-refractivity contribution in [3.63, 3.8) is 0 Å². The van der Waals surface area contributed by atoms with Crippen molar-refractivity contribution in [1.82, 2.24) is 0 Å². The number of esters is 1. The van der Waals surface area contributed by atoms with E-state index in [1.165, 1.54) is 12.5 Å². The smallest absolute Gasteiger partial charge is 0.303 e. The van der Waals surface area contributed by atoms with Gasteiger partial charge >= 0.3 is 5.97 Å². The maximum Gasteiger partial charge on any atom is 0.303 e. The normalized spacial score (nSPS) is 50.6. The number of alkyl halides is 1. The van der Waals surface area contributed by atoms with Crippen LogP contribution >= 0.6 is 15.9 Å². The monoisotopic (exact) mass is 476 g/mol. The summed E-state index contributed by atoms with van der Waals surface area (Å²) < 4.78 is 10.9. The van der Waals surface area contributed by atoms with E-state index in [0.29, 0.717) is 11.8 Å². The highest BCUT2D eigenvalue weighted by Gasteiger charge is 2.81. The minimum absolute atomic E-state index is 0.0471. The zero-order chi connectivity index (χ0) is 21.7. The first-order chi connectivity index (χ1) is 14.0. The van der Waals surface area contributed by atoms with Crippen LogP contribution in [0.25, 0.3) is 0 Å². The lowest BCUT2D eigenvalue weighted by atomic mass is 9.47. The Morgan fingerprint density at radius 3 is 2.73 bits per heavy atom. The molecule has 1 heterocycles. The Morgan fingerprint density at radius 2 is 2.03 bits per heavy atom. The molecule has 3 saturated carbocycles. The molecule has 0 aromatic heterocycles. The van der Waals surface area contributed by atoms with Crippen LogP contribution in [-0.4, -0.2) is 40.2 Å². The number of hydrogen-bond donors (Lipinski definition) is 0. The van der Waals surface area contributed by atoms with Gasteiger partial charge in [-0.25, -0.2) is 0 Å². The molecule has 5 aliphatic rings. The molecule has 1 aliphatic heterocycles. The lowest BCUT2D eigenvalue weighted by Crippen LogP contribution is -2.60. The summed E-state index contributed by atoms with van der Waals surface area (Å²) in [6.45, 7) is 7.73. The number of epoxide rings is 1. The van der Waals surface area contributed by atoms with Gasteiger partial charge in [-0.05, 0) is 67.9 Å². The van der Waals surface area contributed by atoms with Crippen molar-refractivity contribution in [3.8, 4) is 0 Å². The second-order valence-electron chi connectivity index (χ2n) is 10.4. The summed E-state index contributed by atoms with van der Waals surface area (Å²) in [6, 6.07) is 0. The van der Waals surface area contributed by atoms with E-state index in [-0.39, 0.29) is 46.6 Å². The molecule has 0 bridgehead atoms. The van der Waals surface area contributed by atoms with Crippen LogP contribution in [0.2, 0.25) is 0 Å². The molecule has 0 aromatic carbocycles. The van der Waals surface area contributed by atoms with Gasteiger partial charge in [0.05, 0.1) is 10.4 Å². The fourth-order valence-electron chi connectivity index (χ4n) is 7.82. The van der Waals surface area contributed by atoms with Crippen molar-refractivity contribution >= 4 is 33.5 Å². The largest absolute Gasteiger partial charge is 0.458 e. The van der Waals surface area contributed by atoms with Gasteiger partial charge in [0.2, 0.25) is 0 Å². The average molecular weight is 477 g/mol. The number of fused-ring (bicyclic) bond motifs is 3. The van der Waals surface area contributed by atoms with Gasteiger partial charge in [-0.15, -0.1) is 0 Å². The van der Waals surface area contributed by atoms with Crippen LogP contribution in [0.3, 0.4) is 0 Å². The summed E-state index contributed by atoms with van der Waals surface area (Å²) >= 11 is 3.91. The Labute approximate surface area is 185 Å². The maximum absolute atomic E-state index is 13.3. The second-order valence-corrected chi connectivity index (χ2v) is 11.7. The van der Waals surface area contributed by atoms with Gasteiger partial charge in [0.1, 0.15) is 5.60 Å². The summed E-state index contributed by atoms with van der Waals surface area (Å²) in [5, 5.41) is 0. The fourth-order valence-corrected chi connectivity index (χ4v) is 8.58. The van der Waals surface area contributed by atoms with E-state index >= 15 is 0 Å². The Morgan fingerprint density at radius 1 is 1.30 bits per heavy atom. The van der Waals surface area contributed by atoms with Crippen molar-refractivity contribution in [2.75, 3.05) is 6.61 Å². The number of rotatable bonds is 3. The minimum Gasteiger partial charge on any atom is -0.458 e. The van der Waals surface area contributed by atoms with Gasteiger partial charge in [0.15, 0.2) is 18.2 Å². The van der Waals surface area contributed by atoms with Gasteiger partial charge in [-0.1, -0.05) is 41.4 Å². The quantitative estimate of drug-likeness (QED) is 0.350. The summed E-state index contributed by atoms with van der Waals surface area (Å²) in [7, 11) is 0. The van der Waals surface area contributed by atoms with Gasteiger partial charge in [-0.2, -0.15) is 0 Å². The minimum atomic E-state index is -0.729. The first-order valence-corrected chi connectivity index (χ1v) is 11.8. The van der Waals surface area contributed by atoms with E-state index in [4.69, 9.17) is 9.47 Å². The second kappa shape index (κ2) is 6.16. The number of Topliss-reactive ketones (excluding diaryl/α,β-unsaturated/α-hetero) is 1. The van der Waals surface area contributed by atoms with Crippen LogP contribution in [0.5, 0.6) is 0 Å². The molecule has 0 aromatic rings. The predicted molar refractivity (Wildman–Crippen MR) is 114 cm³/mol. The molecule has 0 radical (unpaired) electrons. The van der Waals surface area contributed by atoms with Crippen molar-refractivity contribution in [3.05, 3.63) is 23.8 Å². The molecule has 162 valence electrons. The molecule has 4 fully saturated rings. The molecule has 0 unspecified atom stereocenters. The van der Waals surface area contributed by atoms with Crippen LogP contribution in [0, 0.1) is 28.6 Å². The molecule has 6 heteroatoms. The van der Waals surface area contributed by atoms with Gasteiger partial charge in [-0.3, -0.25) is 14.4 Å². The van der Waals surface area contributed by atoms with Gasteiger partial charge in [0.25, 0.3) is 0 Å². The molecule has 8 atom stereocenters. The van der Waals surface area contributed by atoms with Crippen molar-refractivity contribution in [1.29, 1.82) is 0 Å². The molecule has 4 aliphatic carbocycles. The molecular weight excluding hydrogens is 448 g/mol. The molecular formula is C24H29BrO5. The summed E-state index contributed by atoms with van der Waals surface area (Å²) in [6.07, 6.45) is 9.26. The van der Waals surface area contributed by atoms with E-state index < -0.39 is 10.3 Å². The standard InChI is InChI=1S/C24H29BrO5/c1-13-9-18-17-6-5-15-10-16(27)7-8-21(15,3)24(17)20(30-24)11-22(18,4)23(13,25)19(28)12-29-14(2)26/h7-8,10,13,17-18,20H,5-6,9,11-12H2,1-4H3/t13-,17+,18+,20+,21+,22+,23+,24-/m1/s1. The zero-order valence-corrected chi connectivity index (χ0v) is 19.6. The zero-order valence-electron chi connectivity index (χ0n) is 18.0. The maximum atomic E-state index is 13.3. The number of carbonyl (C=O) groups excluding carboxylic acids is 3. The SMILES string of the molecule is CC(=O)OCC(=O)[C@@]1(Br)[C@H](C)C[C@H]2[C@@H]3CCC4=CC(=O)C=C[C@]4(C)[C@@]34O[C@H]4C[C@@]21C. The van der Waals surface area contributed by atoms with E-state index in [2.05, 4.69) is 42.8 Å². The molecule has 1 spiro atoms. The number of allylic oxidation sites excluding steroid dienone is 2. The van der Waals surface area contributed by atoms with Crippen molar-refractivity contribution < 1.29 is 23.9 Å². The lowest BCUT2D eigenvalue weighted by Gasteiger charge is -2.55. The summed E-state index contributed by atoms with van der Waals surface area (Å²) in [4.78, 5) is 36.6. The highest BCUT2D eigenvalue weighted by atomic mass is 79.9. The van der Waals surface area contributed by atoms with Crippen molar-refractivity contribution in [2.45, 2.75) is 69.4 Å². The average Bonchev–Trinajstić information content (AvgIpc) is 3.36. The summed E-state index contributed by atoms with van der Waals surface area (Å²) in [5.74, 6) is 0.395. The number of hydrogen-bond acceptors (Lipinski definition) is 5. The molecule has 1 saturated heterocycles. The van der Waals surface area contributed by atoms with E-state index in [9.17, 15) is 14.4 Å². The molecule has 0 amide bonds. The van der Waals surface area contributed by atoms with Crippen molar-refractivity contribution in [2.24, 2.45) is 28.6 Å². The first-order valence-electron chi connectivity index (χ1n) is 11.0. The third-order valence-corrected chi connectivity index (χ3v) is 11.4. The molecule has 5 rings (SSSR count). The Bertz CT molecular complexity index is 923. The van der Waals surface area contributed by atoms with Crippen LogP contribution in [0.1, 0.15) is 53.4 Å². The third kappa shape index (κ3) is 2.25. The van der Waals surface area contributed by atoms with Gasteiger partial charge < -0.3 is 9.47 Å². The Kier molecular flexibility index (Phi) is 4.23. The number of ether oxygens (including phenoxy) is 2. The third-order valence-electron chi connectivity index (χ3n) is 9.25.